The smallest absolute Gasteiger partial charge is 0.237 e. The lowest BCUT2D eigenvalue weighted by atomic mass is 10.1. The topological polar surface area (TPSA) is 70.7 Å². The van der Waals surface area contributed by atoms with Crippen LogP contribution in [0.25, 0.3) is 11.2 Å². The number of benzene rings is 1. The summed E-state index contributed by atoms with van der Waals surface area (Å²) in [5.74, 6) is -0.00962. The maximum atomic E-state index is 12.6. The predicted octanol–water partition coefficient (Wildman–Crippen LogP) is 4.08. The third-order valence-corrected chi connectivity index (χ3v) is 5.05. The number of hydrogen-bond acceptors (Lipinski definition) is 4. The van der Waals surface area contributed by atoms with E-state index < -0.39 is 0 Å². The highest BCUT2D eigenvalue weighted by Crippen LogP contribution is 2.26. The number of nitrogens with zero attached hydrogens (tertiary/aromatic N) is 2. The van der Waals surface area contributed by atoms with Crippen LogP contribution in [0.5, 0.6) is 0 Å². The molecule has 0 radical (unpaired) electrons. The van der Waals surface area contributed by atoms with E-state index in [4.69, 9.17) is 0 Å². The van der Waals surface area contributed by atoms with Gasteiger partial charge in [0.1, 0.15) is 0 Å². The second-order valence-electron chi connectivity index (χ2n) is 5.74. The van der Waals surface area contributed by atoms with Gasteiger partial charge in [-0.15, -0.1) is 0 Å². The molecule has 0 saturated heterocycles. The average molecular weight is 340 g/mol. The van der Waals surface area contributed by atoms with Crippen LogP contribution in [0.4, 0.5) is 5.69 Å². The zero-order valence-corrected chi connectivity index (χ0v) is 14.8. The van der Waals surface area contributed by atoms with Crippen molar-refractivity contribution in [3.8, 4) is 0 Å². The molecule has 124 valence electrons. The summed E-state index contributed by atoms with van der Waals surface area (Å²) in [4.78, 5) is 24.5. The van der Waals surface area contributed by atoms with Crippen molar-refractivity contribution in [1.82, 2.24) is 15.0 Å². The Balaban J connectivity index is 1.75. The predicted molar refractivity (Wildman–Crippen MR) is 98.4 cm³/mol. The summed E-state index contributed by atoms with van der Waals surface area (Å²) >= 11 is 1.43. The van der Waals surface area contributed by atoms with E-state index in [0.29, 0.717) is 17.2 Å². The molecule has 1 atom stereocenters. The zero-order valence-electron chi connectivity index (χ0n) is 14.0. The molecule has 3 aromatic rings. The first-order valence-corrected chi connectivity index (χ1v) is 8.80. The molecule has 0 fully saturated rings. The summed E-state index contributed by atoms with van der Waals surface area (Å²) in [5, 5.41) is 3.54. The molecular formula is C18H20N4OS. The van der Waals surface area contributed by atoms with Crippen LogP contribution in [0.15, 0.2) is 41.7 Å². The molecule has 0 saturated carbocycles. The van der Waals surface area contributed by atoms with Gasteiger partial charge in [0.25, 0.3) is 0 Å². The second kappa shape index (κ2) is 7.05. The Morgan fingerprint density at radius 3 is 2.92 bits per heavy atom. The van der Waals surface area contributed by atoms with Crippen LogP contribution in [-0.4, -0.2) is 26.1 Å². The minimum Gasteiger partial charge on any atom is -0.332 e. The van der Waals surface area contributed by atoms with Gasteiger partial charge in [0.15, 0.2) is 10.8 Å². The lowest BCUT2D eigenvalue weighted by Gasteiger charge is -2.15. The third-order valence-electron chi connectivity index (χ3n) is 3.80. The summed E-state index contributed by atoms with van der Waals surface area (Å²) in [5.41, 5.74) is 4.60. The summed E-state index contributed by atoms with van der Waals surface area (Å²) in [6, 6.07) is 9.84. The van der Waals surface area contributed by atoms with Gasteiger partial charge in [-0.3, -0.25) is 4.79 Å². The van der Waals surface area contributed by atoms with Gasteiger partial charge >= 0.3 is 0 Å². The maximum Gasteiger partial charge on any atom is 0.237 e. The van der Waals surface area contributed by atoms with E-state index in [-0.39, 0.29) is 11.2 Å². The number of hydrogen-bond donors (Lipinski definition) is 2. The fourth-order valence-corrected chi connectivity index (χ4v) is 3.33. The van der Waals surface area contributed by atoms with Crippen LogP contribution >= 0.6 is 11.8 Å². The number of imidazole rings is 1. The van der Waals surface area contributed by atoms with E-state index in [0.717, 1.165) is 22.3 Å². The van der Waals surface area contributed by atoms with Gasteiger partial charge in [0.05, 0.1) is 10.8 Å². The quantitative estimate of drug-likeness (QED) is 0.687. The van der Waals surface area contributed by atoms with Gasteiger partial charge in [-0.05, 0) is 49.6 Å². The molecule has 0 spiro atoms. The van der Waals surface area contributed by atoms with E-state index in [1.807, 2.05) is 51.1 Å². The number of fused-ring (bicyclic) bond motifs is 1. The van der Waals surface area contributed by atoms with Crippen LogP contribution < -0.4 is 5.32 Å². The van der Waals surface area contributed by atoms with Crippen LogP contribution in [-0.2, 0) is 4.79 Å². The van der Waals surface area contributed by atoms with E-state index in [1.54, 1.807) is 6.20 Å². The van der Waals surface area contributed by atoms with Crippen molar-refractivity contribution in [2.75, 3.05) is 5.32 Å². The highest BCUT2D eigenvalue weighted by Gasteiger charge is 2.20. The van der Waals surface area contributed by atoms with Gasteiger partial charge in [-0.25, -0.2) is 9.97 Å². The van der Waals surface area contributed by atoms with Crippen molar-refractivity contribution >= 4 is 34.5 Å². The molecule has 2 N–H and O–H groups in total. The maximum absolute atomic E-state index is 12.6. The van der Waals surface area contributed by atoms with Crippen molar-refractivity contribution in [1.29, 1.82) is 0 Å². The molecule has 0 aliphatic heterocycles. The molecule has 3 rings (SSSR count). The highest BCUT2D eigenvalue weighted by molar-refractivity contribution is 8.00. The molecule has 2 heterocycles. The van der Waals surface area contributed by atoms with Crippen molar-refractivity contribution in [3.63, 3.8) is 0 Å². The average Bonchev–Trinajstić information content (AvgIpc) is 2.98. The van der Waals surface area contributed by atoms with Crippen molar-refractivity contribution in [2.45, 2.75) is 37.6 Å². The summed E-state index contributed by atoms with van der Waals surface area (Å²) < 4.78 is 0. The first-order valence-electron chi connectivity index (χ1n) is 7.92. The molecule has 5 nitrogen and oxygen atoms in total. The highest BCUT2D eigenvalue weighted by atomic mass is 32.2. The van der Waals surface area contributed by atoms with Crippen LogP contribution in [0, 0.1) is 13.8 Å². The van der Waals surface area contributed by atoms with E-state index in [2.05, 4.69) is 20.3 Å². The number of thioether (sulfide) groups is 1. The minimum atomic E-state index is -0.217. The fourth-order valence-electron chi connectivity index (χ4n) is 2.42. The molecule has 6 heteroatoms. The number of rotatable bonds is 5. The van der Waals surface area contributed by atoms with Crippen molar-refractivity contribution in [2.24, 2.45) is 0 Å². The number of aryl methyl sites for hydroxylation is 2. The number of aromatic nitrogens is 3. The monoisotopic (exact) mass is 340 g/mol. The molecule has 0 aliphatic rings. The fraction of sp³-hybridized carbons (Fsp3) is 0.278. The van der Waals surface area contributed by atoms with Crippen LogP contribution in [0.3, 0.4) is 0 Å². The number of aromatic amines is 1. The van der Waals surface area contributed by atoms with Crippen LogP contribution in [0.1, 0.15) is 24.5 Å². The zero-order chi connectivity index (χ0) is 17.1. The number of amides is 1. The first-order chi connectivity index (χ1) is 11.6. The van der Waals surface area contributed by atoms with Gasteiger partial charge in [-0.2, -0.15) is 0 Å². The number of H-pyrrole nitrogens is 1. The Kier molecular flexibility index (Phi) is 4.85. The molecule has 2 aromatic heterocycles. The van der Waals surface area contributed by atoms with E-state index in [9.17, 15) is 4.79 Å². The lowest BCUT2D eigenvalue weighted by Crippen LogP contribution is -2.25. The van der Waals surface area contributed by atoms with Gasteiger partial charge in [0.2, 0.25) is 5.91 Å². The molecule has 0 unspecified atom stereocenters. The minimum absolute atomic E-state index is 0.00962. The molecule has 1 amide bonds. The summed E-state index contributed by atoms with van der Waals surface area (Å²) in [6.45, 7) is 6.01. The summed E-state index contributed by atoms with van der Waals surface area (Å²) in [7, 11) is 0. The largest absolute Gasteiger partial charge is 0.332 e. The Morgan fingerprint density at radius 1 is 1.33 bits per heavy atom. The first kappa shape index (κ1) is 16.5. The van der Waals surface area contributed by atoms with Gasteiger partial charge < -0.3 is 10.3 Å². The third kappa shape index (κ3) is 3.59. The molecular weight excluding hydrogens is 320 g/mol. The molecule has 1 aromatic carbocycles. The Hall–Kier alpha value is -2.34. The standard InChI is InChI=1S/C18H20N4OS/c1-4-15(17(23)20-14-10-11(2)7-8-12(14)3)24-18-21-13-6-5-9-19-16(13)22-18/h5-10,15H,4H2,1-3H3,(H,20,23)(H,19,21,22)/t15-/m0/s1. The van der Waals surface area contributed by atoms with Crippen molar-refractivity contribution < 1.29 is 4.79 Å². The van der Waals surface area contributed by atoms with Crippen LogP contribution in [0.2, 0.25) is 0 Å². The number of nitrogens with one attached hydrogen (secondary N) is 2. The number of carbonyl (C=O) groups excluding carboxylic acids is 1. The Labute approximate surface area is 145 Å². The molecule has 24 heavy (non-hydrogen) atoms. The SMILES string of the molecule is CC[C@H](Sc1nc2ncccc2[nH]1)C(=O)Nc1cc(C)ccc1C. The van der Waals surface area contributed by atoms with Gasteiger partial charge in [0, 0.05) is 11.9 Å². The second-order valence-corrected chi connectivity index (χ2v) is 6.93. The normalized spacial score (nSPS) is 12.3. The molecule has 0 aliphatic carbocycles. The lowest BCUT2D eigenvalue weighted by molar-refractivity contribution is -0.115. The Morgan fingerprint density at radius 2 is 2.17 bits per heavy atom. The number of anilines is 1. The summed E-state index contributed by atoms with van der Waals surface area (Å²) in [6.07, 6.45) is 2.42. The Bertz CT molecular complexity index is 841. The number of pyridine rings is 1. The number of carbonyl (C=O) groups is 1. The molecule has 0 bridgehead atoms. The van der Waals surface area contributed by atoms with Gasteiger partial charge in [-0.1, -0.05) is 30.8 Å². The van der Waals surface area contributed by atoms with Crippen molar-refractivity contribution in [3.05, 3.63) is 47.7 Å². The van der Waals surface area contributed by atoms with E-state index in [1.165, 1.54) is 11.8 Å². The van der Waals surface area contributed by atoms with E-state index >= 15 is 0 Å².